The third kappa shape index (κ3) is 2.73. The number of nitrogens with one attached hydrogen (secondary N) is 1. The second-order valence-corrected chi connectivity index (χ2v) is 5.43. The van der Waals surface area contributed by atoms with E-state index in [1.54, 1.807) is 0 Å². The van der Waals surface area contributed by atoms with E-state index in [0.29, 0.717) is 5.82 Å². The Labute approximate surface area is 140 Å². The molecule has 0 bridgehead atoms. The molecule has 7 heteroatoms. The maximum Gasteiger partial charge on any atom is 0.418 e. The number of alkyl halides is 3. The largest absolute Gasteiger partial charge is 0.418 e. The Morgan fingerprint density at radius 1 is 0.880 bits per heavy atom. The van der Waals surface area contributed by atoms with Crippen LogP contribution in [-0.2, 0) is 6.18 Å². The summed E-state index contributed by atoms with van der Waals surface area (Å²) >= 11 is 0. The van der Waals surface area contributed by atoms with Gasteiger partial charge in [0.2, 0.25) is 5.82 Å². The average molecular weight is 340 g/mol. The Bertz CT molecular complexity index is 1050. The first-order valence-electron chi connectivity index (χ1n) is 7.47. The zero-order valence-corrected chi connectivity index (χ0v) is 12.7. The first-order chi connectivity index (χ1) is 12.0. The normalized spacial score (nSPS) is 11.8. The summed E-state index contributed by atoms with van der Waals surface area (Å²) in [7, 11) is 0. The fourth-order valence-electron chi connectivity index (χ4n) is 2.73. The van der Waals surface area contributed by atoms with Crippen molar-refractivity contribution in [3.63, 3.8) is 0 Å². The lowest BCUT2D eigenvalue weighted by molar-refractivity contribution is -0.137. The zero-order chi connectivity index (χ0) is 17.4. The van der Waals surface area contributed by atoms with Crippen LogP contribution in [0.2, 0.25) is 0 Å². The van der Waals surface area contributed by atoms with E-state index in [2.05, 4.69) is 20.2 Å². The second-order valence-electron chi connectivity index (χ2n) is 5.43. The van der Waals surface area contributed by atoms with Crippen molar-refractivity contribution in [2.45, 2.75) is 6.18 Å². The standard InChI is InChI=1S/C18H11F3N4/c19-18(20,21)14-9-4-10-22-15(14)17-23-16(24-25-17)13-8-3-6-11-5-1-2-7-12(11)13/h1-10H,(H,23,24,25). The third-order valence-corrected chi connectivity index (χ3v) is 3.86. The Balaban J connectivity index is 1.84. The molecule has 0 aliphatic rings. The lowest BCUT2D eigenvalue weighted by atomic mass is 10.0. The molecule has 0 amide bonds. The molecular formula is C18H11F3N4. The summed E-state index contributed by atoms with van der Waals surface area (Å²) in [5.41, 5.74) is -0.391. The van der Waals surface area contributed by atoms with Gasteiger partial charge < -0.3 is 0 Å². The molecule has 0 saturated heterocycles. The van der Waals surface area contributed by atoms with Crippen molar-refractivity contribution < 1.29 is 13.2 Å². The van der Waals surface area contributed by atoms with Gasteiger partial charge in [0, 0.05) is 11.8 Å². The molecule has 124 valence electrons. The molecule has 0 saturated carbocycles. The SMILES string of the molecule is FC(F)(F)c1cccnc1-c1n[nH]c(-c2cccc3ccccc23)n1. The zero-order valence-electron chi connectivity index (χ0n) is 12.7. The molecule has 2 aromatic carbocycles. The van der Waals surface area contributed by atoms with E-state index in [0.717, 1.165) is 22.4 Å². The van der Waals surface area contributed by atoms with E-state index in [1.165, 1.54) is 12.3 Å². The first-order valence-corrected chi connectivity index (χ1v) is 7.47. The van der Waals surface area contributed by atoms with Crippen molar-refractivity contribution in [1.29, 1.82) is 0 Å². The summed E-state index contributed by atoms with van der Waals surface area (Å²) in [5, 5.41) is 8.61. The van der Waals surface area contributed by atoms with Crippen LogP contribution in [0.25, 0.3) is 33.7 Å². The van der Waals surface area contributed by atoms with E-state index in [9.17, 15) is 13.2 Å². The molecule has 0 fully saturated rings. The number of H-pyrrole nitrogens is 1. The number of rotatable bonds is 2. The minimum absolute atomic E-state index is 0.0872. The van der Waals surface area contributed by atoms with Gasteiger partial charge >= 0.3 is 6.18 Å². The molecule has 4 aromatic rings. The van der Waals surface area contributed by atoms with Crippen LogP contribution < -0.4 is 0 Å². The quantitative estimate of drug-likeness (QED) is 0.575. The van der Waals surface area contributed by atoms with Gasteiger partial charge in [-0.15, -0.1) is 0 Å². The monoisotopic (exact) mass is 340 g/mol. The summed E-state index contributed by atoms with van der Waals surface area (Å²) in [4.78, 5) is 8.07. The van der Waals surface area contributed by atoms with Gasteiger partial charge in [0.1, 0.15) is 5.69 Å². The maximum atomic E-state index is 13.2. The maximum absolute atomic E-state index is 13.2. The molecule has 25 heavy (non-hydrogen) atoms. The number of fused-ring (bicyclic) bond motifs is 1. The van der Waals surface area contributed by atoms with Crippen LogP contribution in [0.1, 0.15) is 5.56 Å². The van der Waals surface area contributed by atoms with Crippen LogP contribution in [0.4, 0.5) is 13.2 Å². The van der Waals surface area contributed by atoms with E-state index in [4.69, 9.17) is 0 Å². The molecule has 0 unspecified atom stereocenters. The van der Waals surface area contributed by atoms with Gasteiger partial charge in [0.15, 0.2) is 5.82 Å². The Morgan fingerprint density at radius 2 is 1.68 bits per heavy atom. The van der Waals surface area contributed by atoms with Crippen molar-refractivity contribution in [2.75, 3.05) is 0 Å². The van der Waals surface area contributed by atoms with E-state index in [1.807, 2.05) is 42.5 Å². The lowest BCUT2D eigenvalue weighted by Gasteiger charge is -2.08. The van der Waals surface area contributed by atoms with Gasteiger partial charge in [-0.3, -0.25) is 10.1 Å². The molecule has 4 rings (SSSR count). The first kappa shape index (κ1) is 15.3. The number of pyridine rings is 1. The van der Waals surface area contributed by atoms with Gasteiger partial charge in [0.25, 0.3) is 0 Å². The van der Waals surface area contributed by atoms with Crippen LogP contribution in [0.15, 0.2) is 60.8 Å². The summed E-state index contributed by atoms with van der Waals surface area (Å²) in [6, 6.07) is 15.6. The van der Waals surface area contributed by atoms with Gasteiger partial charge in [-0.05, 0) is 22.9 Å². The third-order valence-electron chi connectivity index (χ3n) is 3.86. The van der Waals surface area contributed by atoms with Gasteiger partial charge in [-0.2, -0.15) is 18.3 Å². The predicted molar refractivity (Wildman–Crippen MR) is 87.6 cm³/mol. The van der Waals surface area contributed by atoms with E-state index in [-0.39, 0.29) is 11.5 Å². The Hall–Kier alpha value is -3.22. The summed E-state index contributed by atoms with van der Waals surface area (Å²) in [5.74, 6) is 0.307. The number of nitrogens with zero attached hydrogens (tertiary/aromatic N) is 3. The number of aromatic amines is 1. The Morgan fingerprint density at radius 3 is 2.52 bits per heavy atom. The van der Waals surface area contributed by atoms with Crippen molar-refractivity contribution in [1.82, 2.24) is 20.2 Å². The summed E-state index contributed by atoms with van der Waals surface area (Å²) in [6.45, 7) is 0. The van der Waals surface area contributed by atoms with Crippen molar-refractivity contribution in [3.05, 3.63) is 66.4 Å². The topological polar surface area (TPSA) is 54.5 Å². The molecular weight excluding hydrogens is 329 g/mol. The average Bonchev–Trinajstić information content (AvgIpc) is 3.10. The van der Waals surface area contributed by atoms with Crippen LogP contribution >= 0.6 is 0 Å². The van der Waals surface area contributed by atoms with Crippen molar-refractivity contribution in [3.8, 4) is 22.9 Å². The van der Waals surface area contributed by atoms with Gasteiger partial charge in [-0.1, -0.05) is 42.5 Å². The molecule has 2 heterocycles. The number of hydrogen-bond donors (Lipinski definition) is 1. The highest BCUT2D eigenvalue weighted by Crippen LogP contribution is 2.35. The molecule has 2 aromatic heterocycles. The Kier molecular flexibility index (Phi) is 3.49. The minimum Gasteiger partial charge on any atom is -0.259 e. The predicted octanol–water partition coefficient (Wildman–Crippen LogP) is 4.71. The smallest absolute Gasteiger partial charge is 0.259 e. The summed E-state index contributed by atoms with van der Waals surface area (Å²) in [6.07, 6.45) is -3.23. The molecule has 0 aliphatic heterocycles. The van der Waals surface area contributed by atoms with Crippen LogP contribution in [0.5, 0.6) is 0 Å². The second kappa shape index (κ2) is 5.70. The van der Waals surface area contributed by atoms with Crippen LogP contribution in [-0.4, -0.2) is 20.2 Å². The number of halogens is 3. The molecule has 0 spiro atoms. The van der Waals surface area contributed by atoms with Gasteiger partial charge in [-0.25, -0.2) is 4.98 Å². The number of aromatic nitrogens is 4. The molecule has 1 N–H and O–H groups in total. The van der Waals surface area contributed by atoms with Crippen molar-refractivity contribution in [2.24, 2.45) is 0 Å². The minimum atomic E-state index is -4.52. The summed E-state index contributed by atoms with van der Waals surface area (Å²) < 4.78 is 39.5. The van der Waals surface area contributed by atoms with Crippen LogP contribution in [0, 0.1) is 0 Å². The van der Waals surface area contributed by atoms with Gasteiger partial charge in [0.05, 0.1) is 5.56 Å². The highest BCUT2D eigenvalue weighted by atomic mass is 19.4. The molecule has 4 nitrogen and oxygen atoms in total. The number of benzene rings is 2. The van der Waals surface area contributed by atoms with Crippen molar-refractivity contribution >= 4 is 10.8 Å². The lowest BCUT2D eigenvalue weighted by Crippen LogP contribution is -2.08. The fourth-order valence-corrected chi connectivity index (χ4v) is 2.73. The molecule has 0 aliphatic carbocycles. The van der Waals surface area contributed by atoms with E-state index < -0.39 is 11.7 Å². The fraction of sp³-hybridized carbons (Fsp3) is 0.0556. The molecule has 0 atom stereocenters. The van der Waals surface area contributed by atoms with Crippen LogP contribution in [0.3, 0.4) is 0 Å². The number of hydrogen-bond acceptors (Lipinski definition) is 3. The van der Waals surface area contributed by atoms with E-state index >= 15 is 0 Å². The highest BCUT2D eigenvalue weighted by Gasteiger charge is 2.35. The molecule has 0 radical (unpaired) electrons. The highest BCUT2D eigenvalue weighted by molar-refractivity contribution is 5.95.